The fourth-order valence-electron chi connectivity index (χ4n) is 6.54. The van der Waals surface area contributed by atoms with Crippen molar-refractivity contribution in [1.29, 1.82) is 0 Å². The molecule has 0 unspecified atom stereocenters. The summed E-state index contributed by atoms with van der Waals surface area (Å²) in [5.41, 5.74) is 6.05. The van der Waals surface area contributed by atoms with E-state index in [2.05, 4.69) is 82.6 Å². The SMILES string of the molecule is c1cc2cc3c(cc2cc1N1CCOCC1)oc1cc2c(cc13)oc1cc3cc(N4CCOCC4)ccc3cc12. The molecule has 2 fully saturated rings. The first-order chi connectivity index (χ1) is 19.8. The maximum atomic E-state index is 6.45. The highest BCUT2D eigenvalue weighted by molar-refractivity contribution is 6.18. The quantitative estimate of drug-likeness (QED) is 0.232. The van der Waals surface area contributed by atoms with E-state index >= 15 is 0 Å². The van der Waals surface area contributed by atoms with Gasteiger partial charge in [-0.3, -0.25) is 0 Å². The molecule has 6 nitrogen and oxygen atoms in total. The van der Waals surface area contributed by atoms with Gasteiger partial charge in [0.2, 0.25) is 0 Å². The number of morpholine rings is 2. The molecule has 7 aromatic rings. The van der Waals surface area contributed by atoms with E-state index in [0.29, 0.717) is 0 Å². The number of fused-ring (bicyclic) bond motifs is 8. The van der Waals surface area contributed by atoms with Crippen LogP contribution < -0.4 is 9.80 Å². The molecule has 5 aromatic carbocycles. The lowest BCUT2D eigenvalue weighted by Gasteiger charge is -2.29. The van der Waals surface area contributed by atoms with Gasteiger partial charge in [0.05, 0.1) is 26.4 Å². The number of nitrogens with zero attached hydrogens (tertiary/aromatic N) is 2. The predicted octanol–water partition coefficient (Wildman–Crippen LogP) is 7.47. The second kappa shape index (κ2) is 8.62. The first-order valence-electron chi connectivity index (χ1n) is 14.1. The first-order valence-corrected chi connectivity index (χ1v) is 14.1. The van der Waals surface area contributed by atoms with Crippen LogP contribution in [0.2, 0.25) is 0 Å². The van der Waals surface area contributed by atoms with Crippen LogP contribution in [-0.2, 0) is 9.47 Å². The molecule has 9 rings (SSSR count). The van der Waals surface area contributed by atoms with Gasteiger partial charge in [-0.05, 0) is 82.2 Å². The van der Waals surface area contributed by atoms with Crippen molar-refractivity contribution < 1.29 is 18.3 Å². The van der Waals surface area contributed by atoms with Gasteiger partial charge in [0.1, 0.15) is 22.3 Å². The summed E-state index contributed by atoms with van der Waals surface area (Å²) >= 11 is 0. The molecule has 0 saturated carbocycles. The van der Waals surface area contributed by atoms with Crippen LogP contribution in [0.25, 0.3) is 65.4 Å². The lowest BCUT2D eigenvalue weighted by atomic mass is 10.0. The van der Waals surface area contributed by atoms with Gasteiger partial charge in [0.25, 0.3) is 0 Å². The number of hydrogen-bond donors (Lipinski definition) is 0. The summed E-state index contributed by atoms with van der Waals surface area (Å²) in [7, 11) is 0. The minimum Gasteiger partial charge on any atom is -0.456 e. The fourth-order valence-corrected chi connectivity index (χ4v) is 6.54. The summed E-state index contributed by atoms with van der Waals surface area (Å²) in [4.78, 5) is 4.77. The summed E-state index contributed by atoms with van der Waals surface area (Å²) in [6.45, 7) is 6.82. The maximum absolute atomic E-state index is 6.45. The molecule has 0 bridgehead atoms. The number of ether oxygens (including phenoxy) is 2. The molecule has 0 radical (unpaired) electrons. The van der Waals surface area contributed by atoms with Gasteiger partial charge < -0.3 is 28.1 Å². The zero-order chi connectivity index (χ0) is 26.2. The molecule has 6 heteroatoms. The Balaban J connectivity index is 1.16. The monoisotopic (exact) mass is 528 g/mol. The molecular weight excluding hydrogens is 500 g/mol. The topological polar surface area (TPSA) is 51.2 Å². The van der Waals surface area contributed by atoms with Gasteiger partial charge in [0, 0.05) is 59.1 Å². The van der Waals surface area contributed by atoms with Crippen LogP contribution in [0.5, 0.6) is 0 Å². The van der Waals surface area contributed by atoms with E-state index in [4.69, 9.17) is 18.3 Å². The molecule has 2 aliphatic rings. The number of benzene rings is 5. The van der Waals surface area contributed by atoms with Crippen molar-refractivity contribution in [3.8, 4) is 0 Å². The Kier molecular flexibility index (Phi) is 4.86. The van der Waals surface area contributed by atoms with Crippen LogP contribution in [0.1, 0.15) is 0 Å². The standard InChI is InChI=1S/C34H28N2O4/c1-3-25(35-5-9-37-10-6-35)13-23-17-31-27(15-21(1)23)29-19-34-30(20-33(29)39-31)28-16-22-2-4-26(36-7-11-38-12-8-36)14-24(22)18-32(28)40-34/h1-4,13-20H,5-12H2. The van der Waals surface area contributed by atoms with E-state index in [1.165, 1.54) is 32.9 Å². The van der Waals surface area contributed by atoms with E-state index in [-0.39, 0.29) is 0 Å². The Morgan fingerprint density at radius 2 is 0.800 bits per heavy atom. The highest BCUT2D eigenvalue weighted by Gasteiger charge is 2.17. The molecule has 0 amide bonds. The third kappa shape index (κ3) is 3.49. The Hall–Kier alpha value is -4.26. The largest absolute Gasteiger partial charge is 0.456 e. The Morgan fingerprint density at radius 3 is 1.25 bits per heavy atom. The van der Waals surface area contributed by atoms with Crippen LogP contribution >= 0.6 is 0 Å². The zero-order valence-corrected chi connectivity index (χ0v) is 22.1. The molecule has 0 N–H and O–H groups in total. The summed E-state index contributed by atoms with van der Waals surface area (Å²) in [6, 6.07) is 26.5. The molecule has 0 aliphatic carbocycles. The number of hydrogen-bond acceptors (Lipinski definition) is 6. The van der Waals surface area contributed by atoms with Gasteiger partial charge in [-0.2, -0.15) is 0 Å². The Labute approximate surface area is 230 Å². The van der Waals surface area contributed by atoms with Crippen molar-refractivity contribution in [2.45, 2.75) is 0 Å². The van der Waals surface area contributed by atoms with Crippen molar-refractivity contribution in [2.24, 2.45) is 0 Å². The van der Waals surface area contributed by atoms with E-state index in [0.717, 1.165) is 96.5 Å². The van der Waals surface area contributed by atoms with Gasteiger partial charge in [0.15, 0.2) is 0 Å². The van der Waals surface area contributed by atoms with Crippen molar-refractivity contribution in [3.05, 3.63) is 72.8 Å². The summed E-state index contributed by atoms with van der Waals surface area (Å²) in [6.07, 6.45) is 0. The van der Waals surface area contributed by atoms with Gasteiger partial charge in [-0.15, -0.1) is 0 Å². The van der Waals surface area contributed by atoms with Crippen molar-refractivity contribution in [2.75, 3.05) is 62.4 Å². The number of anilines is 2. The highest BCUT2D eigenvalue weighted by atomic mass is 16.5. The summed E-state index contributed by atoms with van der Waals surface area (Å²) in [5, 5.41) is 9.19. The van der Waals surface area contributed by atoms with Crippen LogP contribution in [0, 0.1) is 0 Å². The average Bonchev–Trinajstić information content (AvgIpc) is 3.53. The van der Waals surface area contributed by atoms with E-state index in [1.54, 1.807) is 0 Å². The van der Waals surface area contributed by atoms with E-state index in [1.807, 2.05) is 0 Å². The predicted molar refractivity (Wildman–Crippen MR) is 162 cm³/mol. The minimum absolute atomic E-state index is 0.780. The number of furan rings is 2. The van der Waals surface area contributed by atoms with E-state index < -0.39 is 0 Å². The minimum atomic E-state index is 0.780. The second-order valence-corrected chi connectivity index (χ2v) is 11.0. The summed E-state index contributed by atoms with van der Waals surface area (Å²) in [5.74, 6) is 0. The van der Waals surface area contributed by atoms with Gasteiger partial charge in [-0.1, -0.05) is 12.1 Å². The number of rotatable bonds is 2. The maximum Gasteiger partial charge on any atom is 0.136 e. The summed E-state index contributed by atoms with van der Waals surface area (Å²) < 4.78 is 24.0. The normalized spacial score (nSPS) is 16.9. The Bertz CT molecular complexity index is 1940. The van der Waals surface area contributed by atoms with Gasteiger partial charge >= 0.3 is 0 Å². The molecule has 198 valence electrons. The lowest BCUT2D eigenvalue weighted by molar-refractivity contribution is 0.122. The molecule has 0 atom stereocenters. The van der Waals surface area contributed by atoms with Crippen molar-refractivity contribution in [1.82, 2.24) is 0 Å². The molecule has 40 heavy (non-hydrogen) atoms. The van der Waals surface area contributed by atoms with Crippen molar-refractivity contribution >= 4 is 76.8 Å². The third-order valence-corrected chi connectivity index (χ3v) is 8.70. The van der Waals surface area contributed by atoms with Crippen LogP contribution in [0.3, 0.4) is 0 Å². The molecule has 2 aromatic heterocycles. The highest BCUT2D eigenvalue weighted by Crippen LogP contribution is 2.40. The smallest absolute Gasteiger partial charge is 0.136 e. The molecule has 2 aliphatic heterocycles. The molecule has 4 heterocycles. The molecule has 0 spiro atoms. The van der Waals surface area contributed by atoms with Gasteiger partial charge in [-0.25, -0.2) is 0 Å². The van der Waals surface area contributed by atoms with Crippen LogP contribution in [-0.4, -0.2) is 52.6 Å². The fraction of sp³-hybridized carbons (Fsp3) is 0.235. The second-order valence-electron chi connectivity index (χ2n) is 11.0. The molecule has 2 saturated heterocycles. The van der Waals surface area contributed by atoms with Crippen molar-refractivity contribution in [3.63, 3.8) is 0 Å². The lowest BCUT2D eigenvalue weighted by Crippen LogP contribution is -2.36. The first kappa shape index (κ1) is 22.5. The third-order valence-electron chi connectivity index (χ3n) is 8.70. The Morgan fingerprint density at radius 1 is 0.400 bits per heavy atom. The average molecular weight is 529 g/mol. The zero-order valence-electron chi connectivity index (χ0n) is 22.1. The van der Waals surface area contributed by atoms with E-state index in [9.17, 15) is 0 Å². The molecular formula is C34H28N2O4. The van der Waals surface area contributed by atoms with Crippen LogP contribution in [0.15, 0.2) is 81.6 Å². The van der Waals surface area contributed by atoms with Crippen LogP contribution in [0.4, 0.5) is 11.4 Å².